The fraction of sp³-hybridized carbons (Fsp3) is 0.500. The smallest absolute Gasteiger partial charge is 0.155 e. The summed E-state index contributed by atoms with van der Waals surface area (Å²) < 4.78 is 19.7. The number of hydrogen-bond donors (Lipinski definition) is 1. The van der Waals surface area contributed by atoms with E-state index in [9.17, 15) is 4.21 Å². The molecule has 0 aliphatic heterocycles. The van der Waals surface area contributed by atoms with Gasteiger partial charge in [0, 0.05) is 0 Å². The quantitative estimate of drug-likeness (QED) is 0.444. The Balaban J connectivity index is 4.54. The van der Waals surface area contributed by atoms with Crippen LogP contribution in [-0.4, -0.2) is 14.0 Å². The number of allylic oxidation sites excluding steroid dienone is 4. The second-order valence-electron chi connectivity index (χ2n) is 3.53. The van der Waals surface area contributed by atoms with E-state index in [1.54, 1.807) is 13.0 Å². The zero-order valence-electron chi connectivity index (χ0n) is 9.43. The Bertz CT molecular complexity index is 310. The highest BCUT2D eigenvalue weighted by molar-refractivity contribution is 7.79. The van der Waals surface area contributed by atoms with Crippen LogP contribution in [0, 0.1) is 18.3 Å². The molecule has 0 aliphatic rings. The summed E-state index contributed by atoms with van der Waals surface area (Å²) in [5, 5.41) is -0.230. The molecule has 3 unspecified atom stereocenters. The predicted octanol–water partition coefficient (Wildman–Crippen LogP) is 2.76. The van der Waals surface area contributed by atoms with Crippen molar-refractivity contribution in [2.45, 2.75) is 32.4 Å². The monoisotopic (exact) mass is 226 g/mol. The van der Waals surface area contributed by atoms with Crippen molar-refractivity contribution in [2.75, 3.05) is 0 Å². The molecule has 3 atom stereocenters. The molecule has 0 aromatic carbocycles. The molecule has 0 aromatic rings. The highest BCUT2D eigenvalue weighted by Crippen LogP contribution is 2.19. The second kappa shape index (κ2) is 7.44. The molecule has 0 saturated heterocycles. The van der Waals surface area contributed by atoms with Crippen LogP contribution in [0.3, 0.4) is 0 Å². The minimum atomic E-state index is -1.76. The maximum absolute atomic E-state index is 10.8. The van der Waals surface area contributed by atoms with Gasteiger partial charge < -0.3 is 4.55 Å². The lowest BCUT2D eigenvalue weighted by atomic mass is 9.95. The molecule has 0 bridgehead atoms. The third kappa shape index (κ3) is 5.56. The molecule has 0 aromatic heterocycles. The van der Waals surface area contributed by atoms with E-state index >= 15 is 0 Å². The molecule has 0 rings (SSSR count). The van der Waals surface area contributed by atoms with E-state index < -0.39 is 11.1 Å². The average molecular weight is 226 g/mol. The van der Waals surface area contributed by atoms with Gasteiger partial charge in [-0.05, 0) is 37.8 Å². The van der Waals surface area contributed by atoms with Crippen molar-refractivity contribution in [3.05, 3.63) is 23.8 Å². The third-order valence-corrected chi connectivity index (χ3v) is 3.09. The Kier molecular flexibility index (Phi) is 7.02. The largest absolute Gasteiger partial charge is 0.306 e. The molecule has 84 valence electrons. The Hall–Kier alpha value is -0.850. The highest BCUT2D eigenvalue weighted by Gasteiger charge is 2.14. The van der Waals surface area contributed by atoms with Crippen molar-refractivity contribution in [2.24, 2.45) is 5.92 Å². The molecule has 2 nitrogen and oxygen atoms in total. The fourth-order valence-electron chi connectivity index (χ4n) is 1.36. The molecular weight excluding hydrogens is 208 g/mol. The average Bonchev–Trinajstić information content (AvgIpc) is 2.17. The first kappa shape index (κ1) is 14.2. The molecule has 0 fully saturated rings. The minimum Gasteiger partial charge on any atom is -0.306 e. The van der Waals surface area contributed by atoms with Crippen LogP contribution in [0.1, 0.15) is 27.2 Å². The molecule has 1 N–H and O–H groups in total. The molecular formula is C12H18O2S. The van der Waals surface area contributed by atoms with Crippen LogP contribution >= 0.6 is 0 Å². The first-order valence-corrected chi connectivity index (χ1v) is 6.08. The SMILES string of the molecule is C#C/C=C(\C=C/C)C(C)CC(C)S(=O)O. The maximum Gasteiger partial charge on any atom is 0.155 e. The van der Waals surface area contributed by atoms with Crippen molar-refractivity contribution in [3.8, 4) is 12.3 Å². The van der Waals surface area contributed by atoms with Gasteiger partial charge in [0.15, 0.2) is 11.1 Å². The summed E-state index contributed by atoms with van der Waals surface area (Å²) in [5.74, 6) is 2.68. The summed E-state index contributed by atoms with van der Waals surface area (Å²) in [5.41, 5.74) is 1.03. The van der Waals surface area contributed by atoms with Gasteiger partial charge in [0.1, 0.15) is 0 Å². The molecule has 3 heteroatoms. The summed E-state index contributed by atoms with van der Waals surface area (Å²) in [4.78, 5) is 0. The van der Waals surface area contributed by atoms with E-state index in [1.165, 1.54) is 0 Å². The summed E-state index contributed by atoms with van der Waals surface area (Å²) in [6.07, 6.45) is 11.4. The summed E-state index contributed by atoms with van der Waals surface area (Å²) in [7, 11) is 0. The van der Waals surface area contributed by atoms with Gasteiger partial charge in [-0.2, -0.15) is 0 Å². The van der Waals surface area contributed by atoms with Crippen LogP contribution in [0.4, 0.5) is 0 Å². The molecule has 0 saturated carbocycles. The van der Waals surface area contributed by atoms with E-state index in [0.717, 1.165) is 5.57 Å². The molecule has 0 spiro atoms. The van der Waals surface area contributed by atoms with Gasteiger partial charge in [-0.15, -0.1) is 6.42 Å². The van der Waals surface area contributed by atoms with Crippen LogP contribution < -0.4 is 0 Å². The van der Waals surface area contributed by atoms with E-state index in [4.69, 9.17) is 11.0 Å². The molecule has 15 heavy (non-hydrogen) atoms. The van der Waals surface area contributed by atoms with Gasteiger partial charge in [0.2, 0.25) is 0 Å². The van der Waals surface area contributed by atoms with Crippen molar-refractivity contribution in [1.29, 1.82) is 0 Å². The lowest BCUT2D eigenvalue weighted by molar-refractivity contribution is 0.527. The highest BCUT2D eigenvalue weighted by atomic mass is 32.2. The molecule has 0 heterocycles. The summed E-state index contributed by atoms with van der Waals surface area (Å²) in [6.45, 7) is 5.69. The van der Waals surface area contributed by atoms with Gasteiger partial charge in [-0.3, -0.25) is 0 Å². The van der Waals surface area contributed by atoms with Crippen LogP contribution in [-0.2, 0) is 11.1 Å². The van der Waals surface area contributed by atoms with Crippen molar-refractivity contribution < 1.29 is 8.76 Å². The lowest BCUT2D eigenvalue weighted by Gasteiger charge is -2.15. The van der Waals surface area contributed by atoms with E-state index in [2.05, 4.69) is 5.92 Å². The van der Waals surface area contributed by atoms with Crippen LogP contribution in [0.25, 0.3) is 0 Å². The summed E-state index contributed by atoms with van der Waals surface area (Å²) >= 11 is -1.76. The minimum absolute atomic E-state index is 0.198. The maximum atomic E-state index is 10.8. The van der Waals surface area contributed by atoms with Gasteiger partial charge in [0.25, 0.3) is 0 Å². The van der Waals surface area contributed by atoms with Gasteiger partial charge in [0.05, 0.1) is 5.25 Å². The Morgan fingerprint density at radius 1 is 1.60 bits per heavy atom. The first-order valence-electron chi connectivity index (χ1n) is 4.91. The number of hydrogen-bond acceptors (Lipinski definition) is 1. The lowest BCUT2D eigenvalue weighted by Crippen LogP contribution is -2.14. The van der Waals surface area contributed by atoms with E-state index in [0.29, 0.717) is 6.42 Å². The Morgan fingerprint density at radius 3 is 2.60 bits per heavy atom. The van der Waals surface area contributed by atoms with Crippen LogP contribution in [0.2, 0.25) is 0 Å². The topological polar surface area (TPSA) is 37.3 Å². The third-order valence-electron chi connectivity index (χ3n) is 2.21. The summed E-state index contributed by atoms with van der Waals surface area (Å²) in [6, 6.07) is 0. The van der Waals surface area contributed by atoms with Crippen molar-refractivity contribution >= 4 is 11.1 Å². The Morgan fingerprint density at radius 2 is 2.20 bits per heavy atom. The first-order chi connectivity index (χ1) is 7.02. The Labute approximate surface area is 94.8 Å². The van der Waals surface area contributed by atoms with E-state index in [-0.39, 0.29) is 11.2 Å². The number of terminal acetylenes is 1. The van der Waals surface area contributed by atoms with Gasteiger partial charge in [-0.1, -0.05) is 25.0 Å². The van der Waals surface area contributed by atoms with Crippen LogP contribution in [0.5, 0.6) is 0 Å². The van der Waals surface area contributed by atoms with Crippen molar-refractivity contribution in [1.82, 2.24) is 0 Å². The molecule has 0 radical (unpaired) electrons. The zero-order chi connectivity index (χ0) is 11.8. The van der Waals surface area contributed by atoms with Crippen molar-refractivity contribution in [3.63, 3.8) is 0 Å². The van der Waals surface area contributed by atoms with Gasteiger partial charge >= 0.3 is 0 Å². The second-order valence-corrected chi connectivity index (χ2v) is 4.89. The van der Waals surface area contributed by atoms with Gasteiger partial charge in [-0.25, -0.2) is 4.21 Å². The van der Waals surface area contributed by atoms with E-state index in [1.807, 2.05) is 26.0 Å². The predicted molar refractivity (Wildman–Crippen MR) is 65.7 cm³/mol. The van der Waals surface area contributed by atoms with Crippen LogP contribution in [0.15, 0.2) is 23.8 Å². The molecule has 0 aliphatic carbocycles. The standard InChI is InChI=1S/C12H18O2S/c1-5-7-12(8-6-2)10(3)9-11(4)15(13)14/h1,6-8,10-11H,9H2,2-4H3,(H,13,14)/b8-6-,12-7+. The molecule has 0 amide bonds. The zero-order valence-corrected chi connectivity index (χ0v) is 10.3. The normalized spacial score (nSPS) is 18.5. The fourth-order valence-corrected chi connectivity index (χ4v) is 1.81. The number of rotatable bonds is 5.